The van der Waals surface area contributed by atoms with Crippen molar-refractivity contribution in [2.24, 2.45) is 0 Å². The largest absolute Gasteiger partial charge is 0.464 e. The van der Waals surface area contributed by atoms with Crippen LogP contribution in [0, 0.1) is 0 Å². The lowest BCUT2D eigenvalue weighted by Crippen LogP contribution is -1.82. The van der Waals surface area contributed by atoms with Crippen LogP contribution < -0.4 is 0 Å². The summed E-state index contributed by atoms with van der Waals surface area (Å²) >= 11 is 0. The maximum atomic E-state index is 5.37. The topological polar surface area (TPSA) is 13.1 Å². The molecule has 0 spiro atoms. The number of hydrogen-bond acceptors (Lipinski definition) is 1. The van der Waals surface area contributed by atoms with Crippen LogP contribution >= 0.6 is 0 Å². The molecule has 0 aliphatic carbocycles. The molecule has 15 heavy (non-hydrogen) atoms. The Morgan fingerprint density at radius 2 is 2.13 bits per heavy atom. The Morgan fingerprint density at radius 1 is 1.20 bits per heavy atom. The van der Waals surface area contributed by atoms with Gasteiger partial charge in [0.05, 0.1) is 6.26 Å². The molecule has 0 bridgehead atoms. The highest BCUT2D eigenvalue weighted by Crippen LogP contribution is 2.17. The SMILES string of the molecule is CCC=CCCc1ccc2ccoc2c1. The van der Waals surface area contributed by atoms with E-state index in [1.54, 1.807) is 6.26 Å². The first kappa shape index (κ1) is 10.0. The van der Waals surface area contributed by atoms with Crippen LogP contribution in [0.2, 0.25) is 0 Å². The van der Waals surface area contributed by atoms with Gasteiger partial charge in [0, 0.05) is 5.39 Å². The molecule has 78 valence electrons. The van der Waals surface area contributed by atoms with Crippen molar-refractivity contribution in [1.29, 1.82) is 0 Å². The highest BCUT2D eigenvalue weighted by Gasteiger charge is 1.97. The van der Waals surface area contributed by atoms with Crippen molar-refractivity contribution in [3.8, 4) is 0 Å². The number of allylic oxidation sites excluding steroid dienone is 2. The van der Waals surface area contributed by atoms with E-state index in [0.29, 0.717) is 0 Å². The number of benzene rings is 1. The molecule has 0 aliphatic heterocycles. The first-order valence-corrected chi connectivity index (χ1v) is 5.51. The van der Waals surface area contributed by atoms with Crippen molar-refractivity contribution in [2.45, 2.75) is 26.2 Å². The van der Waals surface area contributed by atoms with E-state index in [2.05, 4.69) is 37.3 Å². The van der Waals surface area contributed by atoms with E-state index < -0.39 is 0 Å². The molecule has 1 aromatic heterocycles. The van der Waals surface area contributed by atoms with Gasteiger partial charge in [-0.25, -0.2) is 0 Å². The lowest BCUT2D eigenvalue weighted by Gasteiger charge is -1.97. The summed E-state index contributed by atoms with van der Waals surface area (Å²) in [5, 5.41) is 1.18. The Morgan fingerprint density at radius 3 is 3.00 bits per heavy atom. The van der Waals surface area contributed by atoms with Gasteiger partial charge in [-0.2, -0.15) is 0 Å². The van der Waals surface area contributed by atoms with E-state index in [9.17, 15) is 0 Å². The molecule has 1 nitrogen and oxygen atoms in total. The Kier molecular flexibility index (Phi) is 3.23. The molecule has 0 atom stereocenters. The number of furan rings is 1. The maximum Gasteiger partial charge on any atom is 0.134 e. The van der Waals surface area contributed by atoms with Gasteiger partial charge in [-0.1, -0.05) is 31.2 Å². The summed E-state index contributed by atoms with van der Waals surface area (Å²) in [4.78, 5) is 0. The zero-order valence-electron chi connectivity index (χ0n) is 9.07. The highest BCUT2D eigenvalue weighted by atomic mass is 16.3. The van der Waals surface area contributed by atoms with Crippen LogP contribution in [-0.4, -0.2) is 0 Å². The lowest BCUT2D eigenvalue weighted by molar-refractivity contribution is 0.615. The normalized spacial score (nSPS) is 11.5. The van der Waals surface area contributed by atoms with E-state index in [4.69, 9.17) is 4.42 Å². The molecule has 0 fully saturated rings. The number of fused-ring (bicyclic) bond motifs is 1. The Balaban J connectivity index is 2.04. The van der Waals surface area contributed by atoms with Gasteiger partial charge in [0.15, 0.2) is 0 Å². The molecule has 0 aliphatic rings. The summed E-state index contributed by atoms with van der Waals surface area (Å²) in [6.45, 7) is 2.16. The molecule has 0 saturated carbocycles. The second-order valence-corrected chi connectivity index (χ2v) is 3.71. The summed E-state index contributed by atoms with van der Waals surface area (Å²) in [5.41, 5.74) is 2.34. The van der Waals surface area contributed by atoms with Gasteiger partial charge >= 0.3 is 0 Å². The molecule has 0 unspecified atom stereocenters. The fourth-order valence-corrected chi connectivity index (χ4v) is 1.69. The molecule has 2 aromatic rings. The van der Waals surface area contributed by atoms with Crippen LogP contribution in [0.1, 0.15) is 25.3 Å². The number of rotatable bonds is 4. The lowest BCUT2D eigenvalue weighted by atomic mass is 10.1. The highest BCUT2D eigenvalue weighted by molar-refractivity contribution is 5.77. The number of aryl methyl sites for hydroxylation is 1. The third kappa shape index (κ3) is 2.50. The average Bonchev–Trinajstić information content (AvgIpc) is 2.71. The van der Waals surface area contributed by atoms with Gasteiger partial charge in [-0.05, 0) is 37.0 Å². The van der Waals surface area contributed by atoms with Crippen molar-refractivity contribution < 1.29 is 4.42 Å². The van der Waals surface area contributed by atoms with Gasteiger partial charge < -0.3 is 4.42 Å². The molecule has 0 saturated heterocycles. The molecular weight excluding hydrogens is 184 g/mol. The van der Waals surface area contributed by atoms with E-state index in [0.717, 1.165) is 24.8 Å². The van der Waals surface area contributed by atoms with Crippen molar-refractivity contribution >= 4 is 11.0 Å². The van der Waals surface area contributed by atoms with Gasteiger partial charge in [0.1, 0.15) is 5.58 Å². The molecule has 1 heteroatoms. The standard InChI is InChI=1S/C14H16O/c1-2-3-4-5-6-12-7-8-13-9-10-15-14(13)11-12/h3-4,7-11H,2,5-6H2,1H3. The van der Waals surface area contributed by atoms with E-state index in [-0.39, 0.29) is 0 Å². The van der Waals surface area contributed by atoms with Gasteiger partial charge in [0.2, 0.25) is 0 Å². The molecule has 1 aromatic carbocycles. The Bertz CT molecular complexity index is 451. The van der Waals surface area contributed by atoms with E-state index in [1.165, 1.54) is 10.9 Å². The minimum absolute atomic E-state index is 0.993. The fourth-order valence-electron chi connectivity index (χ4n) is 1.69. The summed E-state index contributed by atoms with van der Waals surface area (Å²) in [5.74, 6) is 0. The van der Waals surface area contributed by atoms with Crippen LogP contribution in [0.5, 0.6) is 0 Å². The zero-order valence-corrected chi connectivity index (χ0v) is 9.07. The van der Waals surface area contributed by atoms with E-state index in [1.807, 2.05) is 6.07 Å². The van der Waals surface area contributed by atoms with Gasteiger partial charge in [0.25, 0.3) is 0 Å². The maximum absolute atomic E-state index is 5.37. The van der Waals surface area contributed by atoms with E-state index >= 15 is 0 Å². The molecule has 2 rings (SSSR count). The Hall–Kier alpha value is -1.50. The summed E-state index contributed by atoms with van der Waals surface area (Å²) in [6, 6.07) is 8.43. The smallest absolute Gasteiger partial charge is 0.134 e. The third-order valence-electron chi connectivity index (χ3n) is 2.52. The monoisotopic (exact) mass is 200 g/mol. The number of hydrogen-bond donors (Lipinski definition) is 0. The second-order valence-electron chi connectivity index (χ2n) is 3.71. The van der Waals surface area contributed by atoms with Crippen molar-refractivity contribution in [2.75, 3.05) is 0 Å². The second kappa shape index (κ2) is 4.83. The molecule has 0 amide bonds. The Labute approximate surface area is 90.4 Å². The first-order chi connectivity index (χ1) is 7.40. The fraction of sp³-hybridized carbons (Fsp3) is 0.286. The van der Waals surface area contributed by atoms with Crippen LogP contribution in [-0.2, 0) is 6.42 Å². The van der Waals surface area contributed by atoms with Crippen LogP contribution in [0.15, 0.2) is 47.1 Å². The van der Waals surface area contributed by atoms with Crippen LogP contribution in [0.4, 0.5) is 0 Å². The van der Waals surface area contributed by atoms with Crippen molar-refractivity contribution in [3.63, 3.8) is 0 Å². The van der Waals surface area contributed by atoms with Crippen LogP contribution in [0.25, 0.3) is 11.0 Å². The van der Waals surface area contributed by atoms with Crippen molar-refractivity contribution in [3.05, 3.63) is 48.2 Å². The first-order valence-electron chi connectivity index (χ1n) is 5.51. The summed E-state index contributed by atoms with van der Waals surface area (Å²) in [7, 11) is 0. The molecule has 1 heterocycles. The molecule has 0 radical (unpaired) electrons. The van der Waals surface area contributed by atoms with Gasteiger partial charge in [-0.15, -0.1) is 0 Å². The zero-order chi connectivity index (χ0) is 10.5. The average molecular weight is 200 g/mol. The molecular formula is C14H16O. The summed E-state index contributed by atoms with van der Waals surface area (Å²) in [6.07, 6.45) is 9.52. The predicted molar refractivity (Wildman–Crippen MR) is 64.0 cm³/mol. The minimum Gasteiger partial charge on any atom is -0.464 e. The predicted octanol–water partition coefficient (Wildman–Crippen LogP) is 4.33. The van der Waals surface area contributed by atoms with Gasteiger partial charge in [-0.3, -0.25) is 0 Å². The van der Waals surface area contributed by atoms with Crippen molar-refractivity contribution in [1.82, 2.24) is 0 Å². The molecule has 0 N–H and O–H groups in total. The minimum atomic E-state index is 0.993. The quantitative estimate of drug-likeness (QED) is 0.669. The third-order valence-corrected chi connectivity index (χ3v) is 2.52. The summed E-state index contributed by atoms with van der Waals surface area (Å²) < 4.78 is 5.37. The van der Waals surface area contributed by atoms with Crippen LogP contribution in [0.3, 0.4) is 0 Å².